The summed E-state index contributed by atoms with van der Waals surface area (Å²) in [5, 5.41) is 9.72. The van der Waals surface area contributed by atoms with E-state index in [0.717, 1.165) is 22.3 Å². The van der Waals surface area contributed by atoms with E-state index in [1.54, 1.807) is 12.1 Å². The van der Waals surface area contributed by atoms with E-state index in [-0.39, 0.29) is 11.2 Å². The van der Waals surface area contributed by atoms with Crippen molar-refractivity contribution in [2.24, 2.45) is 10.2 Å². The van der Waals surface area contributed by atoms with Gasteiger partial charge in [0, 0.05) is 22.0 Å². The van der Waals surface area contributed by atoms with Crippen molar-refractivity contribution in [2.75, 3.05) is 0 Å². The van der Waals surface area contributed by atoms with E-state index in [4.69, 9.17) is 0 Å². The lowest BCUT2D eigenvalue weighted by Crippen LogP contribution is -2.11. The molecule has 0 aliphatic heterocycles. The molecular formula is C18H18FN3. The molecule has 0 saturated carbocycles. The largest absolute Gasteiger partial charge is 0.356 e. The molecule has 2 aromatic carbocycles. The number of hydrogen-bond donors (Lipinski definition) is 1. The number of aromatic amines is 1. The number of para-hydroxylation sites is 1. The lowest BCUT2D eigenvalue weighted by molar-refractivity contribution is 0.575. The number of nitrogens with one attached hydrogen (secondary N) is 1. The predicted octanol–water partition coefficient (Wildman–Crippen LogP) is 6.02. The highest BCUT2D eigenvalue weighted by atomic mass is 19.1. The fourth-order valence-corrected chi connectivity index (χ4v) is 2.39. The van der Waals surface area contributed by atoms with Crippen LogP contribution in [-0.4, -0.2) is 4.98 Å². The zero-order valence-corrected chi connectivity index (χ0v) is 12.9. The molecule has 0 radical (unpaired) electrons. The van der Waals surface area contributed by atoms with Gasteiger partial charge < -0.3 is 4.98 Å². The van der Waals surface area contributed by atoms with Crippen molar-refractivity contribution in [3.05, 3.63) is 60.0 Å². The third-order valence-electron chi connectivity index (χ3n) is 3.52. The van der Waals surface area contributed by atoms with Crippen LogP contribution in [0.2, 0.25) is 0 Å². The first-order chi connectivity index (χ1) is 10.4. The third kappa shape index (κ3) is 2.77. The van der Waals surface area contributed by atoms with Crippen LogP contribution in [0.15, 0.2) is 58.8 Å². The summed E-state index contributed by atoms with van der Waals surface area (Å²) in [7, 11) is 0. The second kappa shape index (κ2) is 5.37. The van der Waals surface area contributed by atoms with Gasteiger partial charge in [-0.2, -0.15) is 5.11 Å². The van der Waals surface area contributed by atoms with Gasteiger partial charge in [-0.15, -0.1) is 5.11 Å². The maximum absolute atomic E-state index is 13.0. The molecule has 4 heteroatoms. The number of H-pyrrole nitrogens is 1. The normalized spacial score (nSPS) is 12.4. The minimum atomic E-state index is -0.276. The molecule has 0 unspecified atom stereocenters. The van der Waals surface area contributed by atoms with Crippen LogP contribution >= 0.6 is 0 Å². The van der Waals surface area contributed by atoms with Crippen molar-refractivity contribution in [3.63, 3.8) is 0 Å². The molecule has 0 aliphatic rings. The zero-order valence-electron chi connectivity index (χ0n) is 12.9. The summed E-state index contributed by atoms with van der Waals surface area (Å²) in [5.74, 6) is -0.276. The molecule has 0 atom stereocenters. The fourth-order valence-electron chi connectivity index (χ4n) is 2.39. The minimum Gasteiger partial charge on any atom is -0.356 e. The van der Waals surface area contributed by atoms with Crippen molar-refractivity contribution in [1.82, 2.24) is 4.98 Å². The van der Waals surface area contributed by atoms with E-state index in [1.165, 1.54) is 12.1 Å². The first kappa shape index (κ1) is 14.4. The van der Waals surface area contributed by atoms with E-state index >= 15 is 0 Å². The van der Waals surface area contributed by atoms with E-state index in [2.05, 4.69) is 36.0 Å². The van der Waals surface area contributed by atoms with Gasteiger partial charge in [0.25, 0.3) is 0 Å². The molecule has 0 spiro atoms. The average molecular weight is 295 g/mol. The van der Waals surface area contributed by atoms with Gasteiger partial charge >= 0.3 is 0 Å². The van der Waals surface area contributed by atoms with Crippen LogP contribution in [0.25, 0.3) is 10.9 Å². The summed E-state index contributed by atoms with van der Waals surface area (Å²) in [6, 6.07) is 14.0. The van der Waals surface area contributed by atoms with Gasteiger partial charge in [0.05, 0.1) is 5.69 Å². The van der Waals surface area contributed by atoms with E-state index in [1.807, 2.05) is 24.3 Å². The molecule has 0 amide bonds. The van der Waals surface area contributed by atoms with Gasteiger partial charge in [0.1, 0.15) is 11.5 Å². The molecule has 0 aliphatic carbocycles. The summed E-state index contributed by atoms with van der Waals surface area (Å²) in [6.45, 7) is 6.40. The van der Waals surface area contributed by atoms with Crippen molar-refractivity contribution in [2.45, 2.75) is 26.2 Å². The van der Waals surface area contributed by atoms with Crippen LogP contribution < -0.4 is 0 Å². The van der Waals surface area contributed by atoms with E-state index in [9.17, 15) is 4.39 Å². The van der Waals surface area contributed by atoms with Gasteiger partial charge in [0.2, 0.25) is 0 Å². The highest BCUT2D eigenvalue weighted by Gasteiger charge is 2.22. The molecule has 0 fully saturated rings. The number of benzene rings is 2. The van der Waals surface area contributed by atoms with Gasteiger partial charge in [-0.3, -0.25) is 0 Å². The molecule has 22 heavy (non-hydrogen) atoms. The fraction of sp³-hybridized carbons (Fsp3) is 0.222. The maximum atomic E-state index is 13.0. The van der Waals surface area contributed by atoms with Gasteiger partial charge in [-0.1, -0.05) is 39.0 Å². The number of fused-ring (bicyclic) bond motifs is 1. The van der Waals surface area contributed by atoms with Gasteiger partial charge in [-0.25, -0.2) is 4.39 Å². The Kier molecular flexibility index (Phi) is 3.53. The summed E-state index contributed by atoms with van der Waals surface area (Å²) < 4.78 is 13.0. The maximum Gasteiger partial charge on any atom is 0.123 e. The number of aromatic nitrogens is 1. The van der Waals surface area contributed by atoms with Crippen molar-refractivity contribution >= 4 is 22.3 Å². The summed E-state index contributed by atoms with van der Waals surface area (Å²) in [6.07, 6.45) is 0. The monoisotopic (exact) mass is 295 g/mol. The number of azo groups is 1. The molecule has 112 valence electrons. The Morgan fingerprint density at radius 3 is 2.27 bits per heavy atom. The Morgan fingerprint density at radius 1 is 0.909 bits per heavy atom. The molecule has 1 aromatic heterocycles. The molecule has 1 heterocycles. The van der Waals surface area contributed by atoms with Crippen LogP contribution in [0.4, 0.5) is 15.8 Å². The van der Waals surface area contributed by atoms with Crippen LogP contribution in [0.3, 0.4) is 0 Å². The summed E-state index contributed by atoms with van der Waals surface area (Å²) in [5.41, 5.74) is 3.48. The highest BCUT2D eigenvalue weighted by molar-refractivity contribution is 5.93. The quantitative estimate of drug-likeness (QED) is 0.562. The minimum absolute atomic E-state index is 0.0732. The van der Waals surface area contributed by atoms with Gasteiger partial charge in [0.15, 0.2) is 0 Å². The molecule has 3 rings (SSSR count). The van der Waals surface area contributed by atoms with Crippen LogP contribution in [0, 0.1) is 5.82 Å². The Labute approximate surface area is 128 Å². The van der Waals surface area contributed by atoms with Crippen LogP contribution in [0.1, 0.15) is 26.5 Å². The van der Waals surface area contributed by atoms with Crippen molar-refractivity contribution < 1.29 is 4.39 Å². The molecule has 0 bridgehead atoms. The highest BCUT2D eigenvalue weighted by Crippen LogP contribution is 2.38. The Balaban J connectivity index is 2.10. The van der Waals surface area contributed by atoms with E-state index < -0.39 is 0 Å². The summed E-state index contributed by atoms with van der Waals surface area (Å²) in [4.78, 5) is 3.44. The number of nitrogens with zero attached hydrogens (tertiary/aromatic N) is 2. The van der Waals surface area contributed by atoms with Crippen molar-refractivity contribution in [1.29, 1.82) is 0 Å². The third-order valence-corrected chi connectivity index (χ3v) is 3.52. The predicted molar refractivity (Wildman–Crippen MR) is 87.6 cm³/mol. The number of rotatable bonds is 2. The van der Waals surface area contributed by atoms with Gasteiger partial charge in [-0.05, 0) is 30.3 Å². The molecule has 3 nitrogen and oxygen atoms in total. The molecule has 3 aromatic rings. The second-order valence-corrected chi connectivity index (χ2v) is 6.32. The van der Waals surface area contributed by atoms with E-state index in [0.29, 0.717) is 5.69 Å². The number of halogens is 1. The smallest absolute Gasteiger partial charge is 0.123 e. The lowest BCUT2D eigenvalue weighted by Gasteiger charge is -2.17. The van der Waals surface area contributed by atoms with Crippen molar-refractivity contribution in [3.8, 4) is 0 Å². The first-order valence-corrected chi connectivity index (χ1v) is 7.23. The first-order valence-electron chi connectivity index (χ1n) is 7.23. The Morgan fingerprint density at radius 2 is 1.59 bits per heavy atom. The zero-order chi connectivity index (χ0) is 15.7. The number of hydrogen-bond acceptors (Lipinski definition) is 2. The van der Waals surface area contributed by atoms with Crippen LogP contribution in [0.5, 0.6) is 0 Å². The SMILES string of the molecule is CC(C)(C)c1[nH]c2ccccc2c1N=Nc1ccc(F)cc1. The second-order valence-electron chi connectivity index (χ2n) is 6.32. The van der Waals surface area contributed by atoms with Crippen LogP contribution in [-0.2, 0) is 5.41 Å². The topological polar surface area (TPSA) is 40.5 Å². The lowest BCUT2D eigenvalue weighted by atomic mass is 9.91. The Hall–Kier alpha value is -2.49. The summed E-state index contributed by atoms with van der Waals surface area (Å²) >= 11 is 0. The standard InChI is InChI=1S/C18H18FN3/c1-18(2,3)17-16(14-6-4-5-7-15(14)20-17)22-21-13-10-8-12(19)9-11-13/h4-11,20H,1-3H3. The average Bonchev–Trinajstić information content (AvgIpc) is 2.86. The Bertz CT molecular complexity index is 824. The molecule has 0 saturated heterocycles. The molecule has 1 N–H and O–H groups in total. The molecular weight excluding hydrogens is 277 g/mol.